The SMILES string of the molecule is CC(=CC(C)(C)C(=O)NC1CC(C)(C)N(O)C(C)(C)C1)C(N)CC(C)C. The molecule has 152 valence electrons. The average Bonchev–Trinajstić information content (AvgIpc) is 2.42. The molecule has 1 rings (SSSR count). The molecule has 0 aromatic carbocycles. The maximum absolute atomic E-state index is 12.9. The predicted molar refractivity (Wildman–Crippen MR) is 108 cm³/mol. The van der Waals surface area contributed by atoms with Gasteiger partial charge in [-0.3, -0.25) is 4.79 Å². The molecule has 0 spiro atoms. The van der Waals surface area contributed by atoms with Gasteiger partial charge in [0.05, 0.1) is 5.41 Å². The minimum absolute atomic E-state index is 0.0107. The fourth-order valence-corrected chi connectivity index (χ4v) is 4.18. The molecule has 1 saturated heterocycles. The van der Waals surface area contributed by atoms with Gasteiger partial charge < -0.3 is 16.3 Å². The molecule has 0 saturated carbocycles. The van der Waals surface area contributed by atoms with Crippen LogP contribution in [0.2, 0.25) is 0 Å². The van der Waals surface area contributed by atoms with Crippen LogP contribution in [0.3, 0.4) is 0 Å². The largest absolute Gasteiger partial charge is 0.352 e. The molecule has 0 aromatic rings. The summed E-state index contributed by atoms with van der Waals surface area (Å²) < 4.78 is 0. The van der Waals surface area contributed by atoms with Crippen molar-refractivity contribution in [2.24, 2.45) is 17.1 Å². The first-order valence-corrected chi connectivity index (χ1v) is 9.83. The summed E-state index contributed by atoms with van der Waals surface area (Å²) in [5.41, 5.74) is 5.94. The van der Waals surface area contributed by atoms with Gasteiger partial charge in [-0.15, -0.1) is 0 Å². The number of nitrogens with one attached hydrogen (secondary N) is 1. The maximum atomic E-state index is 12.9. The fourth-order valence-electron chi connectivity index (χ4n) is 4.18. The van der Waals surface area contributed by atoms with Crippen LogP contribution in [-0.2, 0) is 4.79 Å². The summed E-state index contributed by atoms with van der Waals surface area (Å²) in [5.74, 6) is 0.537. The van der Waals surface area contributed by atoms with Gasteiger partial charge in [-0.2, -0.15) is 5.06 Å². The predicted octanol–water partition coefficient (Wildman–Crippen LogP) is 3.86. The number of nitrogens with two attached hydrogens (primary N) is 1. The van der Waals surface area contributed by atoms with Gasteiger partial charge in [0, 0.05) is 23.2 Å². The third kappa shape index (κ3) is 5.80. The van der Waals surface area contributed by atoms with Crippen molar-refractivity contribution in [3.8, 4) is 0 Å². The van der Waals surface area contributed by atoms with Gasteiger partial charge in [0.15, 0.2) is 0 Å². The van der Waals surface area contributed by atoms with Crippen LogP contribution in [0.4, 0.5) is 0 Å². The van der Waals surface area contributed by atoms with Gasteiger partial charge in [-0.25, -0.2) is 0 Å². The Balaban J connectivity index is 2.85. The second-order valence-electron chi connectivity index (χ2n) is 10.4. The molecule has 1 aliphatic rings. The van der Waals surface area contributed by atoms with Gasteiger partial charge in [0.25, 0.3) is 0 Å². The number of nitrogens with zero attached hydrogens (tertiary/aromatic N) is 1. The Bertz CT molecular complexity index is 517. The third-order valence-corrected chi connectivity index (χ3v) is 5.46. The second kappa shape index (κ2) is 7.99. The van der Waals surface area contributed by atoms with Crippen LogP contribution < -0.4 is 11.1 Å². The number of amides is 1. The Morgan fingerprint density at radius 1 is 1.27 bits per heavy atom. The molecular formula is C21H41N3O2. The zero-order valence-electron chi connectivity index (χ0n) is 18.3. The van der Waals surface area contributed by atoms with E-state index in [0.717, 1.165) is 12.0 Å². The third-order valence-electron chi connectivity index (χ3n) is 5.46. The first-order chi connectivity index (χ1) is 11.6. The smallest absolute Gasteiger partial charge is 0.229 e. The molecule has 1 fully saturated rings. The number of hydrogen-bond acceptors (Lipinski definition) is 4. The van der Waals surface area contributed by atoms with Crippen molar-refractivity contribution in [3.63, 3.8) is 0 Å². The van der Waals surface area contributed by atoms with E-state index < -0.39 is 5.41 Å². The molecule has 1 aliphatic heterocycles. The number of piperidine rings is 1. The summed E-state index contributed by atoms with van der Waals surface area (Å²) in [7, 11) is 0. The highest BCUT2D eigenvalue weighted by molar-refractivity contribution is 5.84. The van der Waals surface area contributed by atoms with Gasteiger partial charge in [-0.1, -0.05) is 25.5 Å². The Morgan fingerprint density at radius 2 is 1.73 bits per heavy atom. The standard InChI is InChI=1S/C21H41N3O2/c1-14(2)10-17(22)15(3)11-19(4,5)18(25)23-16-12-20(6,7)24(26)21(8,9)13-16/h11,14,16-17,26H,10,12-13,22H2,1-9H3,(H,23,25). The van der Waals surface area contributed by atoms with Crippen LogP contribution >= 0.6 is 0 Å². The molecule has 26 heavy (non-hydrogen) atoms. The molecule has 1 unspecified atom stereocenters. The average molecular weight is 368 g/mol. The van der Waals surface area contributed by atoms with Crippen molar-refractivity contribution in [1.82, 2.24) is 10.4 Å². The lowest BCUT2D eigenvalue weighted by Crippen LogP contribution is -2.63. The maximum Gasteiger partial charge on any atom is 0.229 e. The van der Waals surface area contributed by atoms with Crippen molar-refractivity contribution in [2.45, 2.75) is 105 Å². The Kier molecular flexibility index (Phi) is 7.11. The minimum Gasteiger partial charge on any atom is -0.352 e. The molecule has 4 N–H and O–H groups in total. The van der Waals surface area contributed by atoms with Gasteiger partial charge in [-0.05, 0) is 73.6 Å². The van der Waals surface area contributed by atoms with E-state index in [0.29, 0.717) is 18.8 Å². The second-order valence-corrected chi connectivity index (χ2v) is 10.4. The van der Waals surface area contributed by atoms with Crippen LogP contribution in [0.25, 0.3) is 0 Å². The van der Waals surface area contributed by atoms with E-state index in [1.807, 2.05) is 54.5 Å². The van der Waals surface area contributed by atoms with Crippen molar-refractivity contribution in [1.29, 1.82) is 0 Å². The van der Waals surface area contributed by atoms with Crippen LogP contribution in [0.5, 0.6) is 0 Å². The highest BCUT2D eigenvalue weighted by Crippen LogP contribution is 2.37. The van der Waals surface area contributed by atoms with Crippen molar-refractivity contribution in [2.75, 3.05) is 0 Å². The number of hydrogen-bond donors (Lipinski definition) is 3. The number of carbonyl (C=O) groups excluding carboxylic acids is 1. The summed E-state index contributed by atoms with van der Waals surface area (Å²) in [6.07, 6.45) is 4.35. The van der Waals surface area contributed by atoms with E-state index in [9.17, 15) is 10.0 Å². The summed E-state index contributed by atoms with van der Waals surface area (Å²) in [4.78, 5) is 12.9. The summed E-state index contributed by atoms with van der Waals surface area (Å²) >= 11 is 0. The van der Waals surface area contributed by atoms with E-state index >= 15 is 0 Å². The molecule has 0 radical (unpaired) electrons. The van der Waals surface area contributed by atoms with Crippen molar-refractivity contribution in [3.05, 3.63) is 11.6 Å². The molecule has 0 aliphatic carbocycles. The Morgan fingerprint density at radius 3 is 2.15 bits per heavy atom. The van der Waals surface area contributed by atoms with Crippen LogP contribution in [0.1, 0.15) is 81.6 Å². The van der Waals surface area contributed by atoms with E-state index in [-0.39, 0.29) is 29.1 Å². The van der Waals surface area contributed by atoms with Gasteiger partial charge in [0.1, 0.15) is 0 Å². The highest BCUT2D eigenvalue weighted by Gasteiger charge is 2.46. The lowest BCUT2D eigenvalue weighted by atomic mass is 9.78. The topological polar surface area (TPSA) is 78.6 Å². The van der Waals surface area contributed by atoms with Crippen LogP contribution in [0, 0.1) is 11.3 Å². The Hall–Kier alpha value is -0.910. The van der Waals surface area contributed by atoms with E-state index in [1.54, 1.807) is 0 Å². The highest BCUT2D eigenvalue weighted by atomic mass is 16.5. The van der Waals surface area contributed by atoms with E-state index in [2.05, 4.69) is 19.2 Å². The normalized spacial score (nSPS) is 23.2. The van der Waals surface area contributed by atoms with Gasteiger partial charge in [0.2, 0.25) is 5.91 Å². The Labute approximate surface area is 160 Å². The van der Waals surface area contributed by atoms with E-state index in [1.165, 1.54) is 5.06 Å². The summed E-state index contributed by atoms with van der Waals surface area (Å²) in [6.45, 7) is 18.2. The molecular weight excluding hydrogens is 326 g/mol. The van der Waals surface area contributed by atoms with Crippen LogP contribution in [0.15, 0.2) is 11.6 Å². The fraction of sp³-hybridized carbons (Fsp3) is 0.857. The molecule has 0 bridgehead atoms. The molecule has 1 atom stereocenters. The lowest BCUT2D eigenvalue weighted by molar-refractivity contribution is -0.246. The van der Waals surface area contributed by atoms with Crippen molar-refractivity contribution >= 4 is 5.91 Å². The quantitative estimate of drug-likeness (QED) is 0.623. The lowest BCUT2D eigenvalue weighted by Gasteiger charge is -2.51. The number of hydroxylamine groups is 2. The minimum atomic E-state index is -0.622. The zero-order valence-corrected chi connectivity index (χ0v) is 18.3. The van der Waals surface area contributed by atoms with Crippen molar-refractivity contribution < 1.29 is 10.0 Å². The summed E-state index contributed by atoms with van der Waals surface area (Å²) in [6, 6.07) is 0.0192. The van der Waals surface area contributed by atoms with Crippen LogP contribution in [-0.4, -0.2) is 39.3 Å². The zero-order chi connectivity index (χ0) is 20.5. The molecule has 1 heterocycles. The molecule has 0 aromatic heterocycles. The van der Waals surface area contributed by atoms with Gasteiger partial charge >= 0.3 is 0 Å². The first-order valence-electron chi connectivity index (χ1n) is 9.83. The monoisotopic (exact) mass is 367 g/mol. The number of carbonyl (C=O) groups is 1. The van der Waals surface area contributed by atoms with E-state index in [4.69, 9.17) is 5.73 Å². The number of rotatable bonds is 6. The molecule has 5 nitrogen and oxygen atoms in total. The first kappa shape index (κ1) is 23.1. The summed E-state index contributed by atoms with van der Waals surface area (Å²) in [5, 5.41) is 15.1. The molecule has 1 amide bonds. The molecule has 5 heteroatoms.